The van der Waals surface area contributed by atoms with Crippen LogP contribution in [0.25, 0.3) is 0 Å². The first kappa shape index (κ1) is 15.7. The molecule has 1 rings (SSSR count). The van der Waals surface area contributed by atoms with Gasteiger partial charge in [0.1, 0.15) is 5.75 Å². The Morgan fingerprint density at radius 2 is 2.26 bits per heavy atom. The number of nitrogens with one attached hydrogen (secondary N) is 1. The molecule has 0 aliphatic rings. The van der Waals surface area contributed by atoms with Crippen LogP contribution in [0.5, 0.6) is 5.75 Å². The van der Waals surface area contributed by atoms with Crippen LogP contribution in [-0.2, 0) is 0 Å². The molecular formula is C13H20N2O3S. The third kappa shape index (κ3) is 4.04. The molecule has 0 bridgehead atoms. The lowest BCUT2D eigenvalue weighted by Gasteiger charge is -2.21. The van der Waals surface area contributed by atoms with E-state index >= 15 is 0 Å². The van der Waals surface area contributed by atoms with E-state index in [4.69, 9.17) is 10.5 Å². The number of hydrogen-bond acceptors (Lipinski definition) is 5. The molecule has 0 heterocycles. The summed E-state index contributed by atoms with van der Waals surface area (Å²) < 4.78 is 5.08. The molecule has 0 radical (unpaired) electrons. The second-order valence-corrected chi connectivity index (χ2v) is 5.25. The Morgan fingerprint density at radius 1 is 1.58 bits per heavy atom. The lowest BCUT2D eigenvalue weighted by Crippen LogP contribution is -2.41. The number of carbonyl (C=O) groups excluding carboxylic acids is 1. The summed E-state index contributed by atoms with van der Waals surface area (Å²) in [6.45, 7) is 1.86. The quantitative estimate of drug-likeness (QED) is 0.682. The molecule has 0 aliphatic heterocycles. The van der Waals surface area contributed by atoms with Crippen molar-refractivity contribution in [3.63, 3.8) is 0 Å². The second kappa shape index (κ2) is 7.25. The molecule has 2 atom stereocenters. The lowest BCUT2D eigenvalue weighted by atomic mass is 10.1. The summed E-state index contributed by atoms with van der Waals surface area (Å²) in [4.78, 5) is 12.1. The Bertz CT molecular complexity index is 436. The molecule has 2 unspecified atom stereocenters. The van der Waals surface area contributed by atoms with E-state index in [1.165, 1.54) is 18.9 Å². The highest BCUT2D eigenvalue weighted by Gasteiger charge is 2.19. The molecule has 0 fully saturated rings. The molecule has 5 nitrogen and oxygen atoms in total. The third-order valence-corrected chi connectivity index (χ3v) is 4.07. The molecular weight excluding hydrogens is 264 g/mol. The van der Waals surface area contributed by atoms with Crippen LogP contribution in [0.4, 0.5) is 5.69 Å². The second-order valence-electron chi connectivity index (χ2n) is 4.17. The van der Waals surface area contributed by atoms with Gasteiger partial charge in [0.05, 0.1) is 19.3 Å². The highest BCUT2D eigenvalue weighted by molar-refractivity contribution is 7.99. The number of rotatable bonds is 6. The van der Waals surface area contributed by atoms with E-state index in [-0.39, 0.29) is 23.8 Å². The zero-order chi connectivity index (χ0) is 14.4. The van der Waals surface area contributed by atoms with Crippen molar-refractivity contribution in [1.29, 1.82) is 0 Å². The van der Waals surface area contributed by atoms with E-state index in [9.17, 15) is 9.90 Å². The smallest absolute Gasteiger partial charge is 0.253 e. The minimum absolute atomic E-state index is 0.0101. The molecule has 1 amide bonds. The number of hydrogen-bond donors (Lipinski definition) is 3. The van der Waals surface area contributed by atoms with Crippen LogP contribution in [0.3, 0.4) is 0 Å². The largest absolute Gasteiger partial charge is 0.497 e. The molecule has 0 aromatic heterocycles. The van der Waals surface area contributed by atoms with Crippen molar-refractivity contribution in [1.82, 2.24) is 5.32 Å². The Morgan fingerprint density at radius 3 is 2.79 bits per heavy atom. The van der Waals surface area contributed by atoms with Crippen molar-refractivity contribution in [2.45, 2.75) is 18.2 Å². The Kier molecular flexibility index (Phi) is 5.98. The predicted molar refractivity (Wildman–Crippen MR) is 78.7 cm³/mol. The molecule has 1 aromatic carbocycles. The van der Waals surface area contributed by atoms with E-state index < -0.39 is 0 Å². The number of methoxy groups -OCH3 is 1. The molecule has 0 saturated heterocycles. The standard InChI is InChI=1S/C13H20N2O3S/c1-8(12(7-16)19-3)15-13(17)10-6-9(18-2)4-5-11(10)14/h4-6,8,12,16H,7,14H2,1-3H3,(H,15,17). The average Bonchev–Trinajstić information content (AvgIpc) is 2.40. The first-order chi connectivity index (χ1) is 9.03. The summed E-state index contributed by atoms with van der Waals surface area (Å²) in [7, 11) is 1.53. The number of thioether (sulfide) groups is 1. The van der Waals surface area contributed by atoms with Gasteiger partial charge in [-0.05, 0) is 31.4 Å². The van der Waals surface area contributed by atoms with E-state index in [1.54, 1.807) is 18.2 Å². The van der Waals surface area contributed by atoms with Crippen molar-refractivity contribution in [3.8, 4) is 5.75 Å². The van der Waals surface area contributed by atoms with Gasteiger partial charge in [0, 0.05) is 17.0 Å². The first-order valence-corrected chi connectivity index (χ1v) is 7.20. The number of aliphatic hydroxyl groups excluding tert-OH is 1. The Hall–Kier alpha value is -1.40. The molecule has 0 spiro atoms. The van der Waals surface area contributed by atoms with Crippen LogP contribution in [0.1, 0.15) is 17.3 Å². The van der Waals surface area contributed by atoms with Gasteiger partial charge < -0.3 is 20.9 Å². The van der Waals surface area contributed by atoms with Crippen molar-refractivity contribution in [3.05, 3.63) is 23.8 Å². The zero-order valence-corrected chi connectivity index (χ0v) is 12.2. The van der Waals surface area contributed by atoms with Gasteiger partial charge in [0.25, 0.3) is 5.91 Å². The number of aliphatic hydroxyl groups is 1. The van der Waals surface area contributed by atoms with Gasteiger partial charge in [-0.3, -0.25) is 4.79 Å². The van der Waals surface area contributed by atoms with Gasteiger partial charge in [-0.15, -0.1) is 0 Å². The van der Waals surface area contributed by atoms with Gasteiger partial charge in [-0.25, -0.2) is 0 Å². The average molecular weight is 284 g/mol. The topological polar surface area (TPSA) is 84.6 Å². The van der Waals surface area contributed by atoms with E-state index in [1.807, 2.05) is 13.2 Å². The summed E-state index contributed by atoms with van der Waals surface area (Å²) in [5, 5.41) is 12.0. The van der Waals surface area contributed by atoms with E-state index in [0.717, 1.165) is 0 Å². The van der Waals surface area contributed by atoms with Crippen molar-refractivity contribution < 1.29 is 14.6 Å². The van der Waals surface area contributed by atoms with Crippen LogP contribution in [0, 0.1) is 0 Å². The normalized spacial score (nSPS) is 13.7. The molecule has 4 N–H and O–H groups in total. The number of nitrogens with two attached hydrogens (primary N) is 1. The summed E-state index contributed by atoms with van der Waals surface area (Å²) >= 11 is 1.51. The van der Waals surface area contributed by atoms with Gasteiger partial charge in [0.2, 0.25) is 0 Å². The minimum atomic E-state index is -0.267. The van der Waals surface area contributed by atoms with Gasteiger partial charge >= 0.3 is 0 Å². The van der Waals surface area contributed by atoms with Gasteiger partial charge in [0.15, 0.2) is 0 Å². The maximum atomic E-state index is 12.1. The number of carbonyl (C=O) groups is 1. The Balaban J connectivity index is 2.83. The monoisotopic (exact) mass is 284 g/mol. The summed E-state index contributed by atoms with van der Waals surface area (Å²) in [5.41, 5.74) is 6.57. The minimum Gasteiger partial charge on any atom is -0.497 e. The first-order valence-electron chi connectivity index (χ1n) is 5.91. The van der Waals surface area contributed by atoms with Crippen LogP contribution in [0.2, 0.25) is 0 Å². The number of anilines is 1. The lowest BCUT2D eigenvalue weighted by molar-refractivity contribution is 0.0936. The molecule has 106 valence electrons. The third-order valence-electron chi connectivity index (χ3n) is 2.90. The van der Waals surface area contributed by atoms with Crippen molar-refractivity contribution in [2.75, 3.05) is 25.7 Å². The molecule has 6 heteroatoms. The Labute approximate surface area is 117 Å². The van der Waals surface area contributed by atoms with Crippen molar-refractivity contribution >= 4 is 23.4 Å². The highest BCUT2D eigenvalue weighted by Crippen LogP contribution is 2.20. The fourth-order valence-electron chi connectivity index (χ4n) is 1.67. The highest BCUT2D eigenvalue weighted by atomic mass is 32.2. The van der Waals surface area contributed by atoms with Crippen LogP contribution < -0.4 is 15.8 Å². The summed E-state index contributed by atoms with van der Waals surface area (Å²) in [5.74, 6) is 0.312. The van der Waals surface area contributed by atoms with Gasteiger partial charge in [-0.1, -0.05) is 0 Å². The van der Waals surface area contributed by atoms with Crippen molar-refractivity contribution in [2.24, 2.45) is 0 Å². The van der Waals surface area contributed by atoms with Gasteiger partial charge in [-0.2, -0.15) is 11.8 Å². The zero-order valence-electron chi connectivity index (χ0n) is 11.3. The molecule has 0 aliphatic carbocycles. The number of amides is 1. The number of benzene rings is 1. The fourth-order valence-corrected chi connectivity index (χ4v) is 2.30. The molecule has 0 saturated carbocycles. The maximum absolute atomic E-state index is 12.1. The van der Waals surface area contributed by atoms with Crippen LogP contribution >= 0.6 is 11.8 Å². The maximum Gasteiger partial charge on any atom is 0.253 e. The molecule has 19 heavy (non-hydrogen) atoms. The fraction of sp³-hybridized carbons (Fsp3) is 0.462. The van der Waals surface area contributed by atoms with E-state index in [2.05, 4.69) is 5.32 Å². The number of ether oxygens (including phenoxy) is 1. The van der Waals surface area contributed by atoms with Crippen LogP contribution in [-0.4, -0.2) is 42.3 Å². The number of nitrogen functional groups attached to an aromatic ring is 1. The van der Waals surface area contributed by atoms with Crippen LogP contribution in [0.15, 0.2) is 18.2 Å². The molecule has 1 aromatic rings. The summed E-state index contributed by atoms with van der Waals surface area (Å²) in [6.07, 6.45) is 1.89. The van der Waals surface area contributed by atoms with E-state index in [0.29, 0.717) is 17.0 Å². The SMILES string of the molecule is COc1ccc(N)c(C(=O)NC(C)C(CO)SC)c1. The predicted octanol–water partition coefficient (Wildman–Crippen LogP) is 1.12. The summed E-state index contributed by atoms with van der Waals surface area (Å²) in [6, 6.07) is 4.78.